The molecule has 0 aromatic heterocycles. The smallest absolute Gasteiger partial charge is 0.162 e. The van der Waals surface area contributed by atoms with E-state index in [-0.39, 0.29) is 5.78 Å². The zero-order valence-corrected chi connectivity index (χ0v) is 13.8. The van der Waals surface area contributed by atoms with Crippen LogP contribution in [0.4, 0.5) is 0 Å². The molecule has 2 rings (SSSR count). The van der Waals surface area contributed by atoms with Gasteiger partial charge in [0.2, 0.25) is 0 Å². The van der Waals surface area contributed by atoms with Crippen molar-refractivity contribution in [2.45, 2.75) is 46.6 Å². The largest absolute Gasteiger partial charge is 0.489 e. The van der Waals surface area contributed by atoms with Gasteiger partial charge in [0, 0.05) is 12.0 Å². The Morgan fingerprint density at radius 2 is 1.77 bits per heavy atom. The first-order chi connectivity index (χ1) is 10.5. The molecule has 0 saturated heterocycles. The van der Waals surface area contributed by atoms with Crippen molar-refractivity contribution in [3.63, 3.8) is 0 Å². The van der Waals surface area contributed by atoms with Crippen LogP contribution in [0.25, 0.3) is 0 Å². The number of aryl methyl sites for hydroxylation is 1. The Morgan fingerprint density at radius 1 is 1.09 bits per heavy atom. The maximum atomic E-state index is 11.6. The van der Waals surface area contributed by atoms with Crippen LogP contribution in [0.15, 0.2) is 42.5 Å². The number of carbonyl (C=O) groups excluding carboxylic acids is 1. The van der Waals surface area contributed by atoms with E-state index >= 15 is 0 Å². The predicted molar refractivity (Wildman–Crippen MR) is 90.7 cm³/mol. The van der Waals surface area contributed by atoms with E-state index in [0.29, 0.717) is 18.9 Å². The van der Waals surface area contributed by atoms with E-state index in [1.807, 2.05) is 37.3 Å². The van der Waals surface area contributed by atoms with Gasteiger partial charge in [0.1, 0.15) is 12.4 Å². The fourth-order valence-electron chi connectivity index (χ4n) is 2.40. The van der Waals surface area contributed by atoms with Gasteiger partial charge in [-0.2, -0.15) is 0 Å². The third kappa shape index (κ3) is 3.97. The summed E-state index contributed by atoms with van der Waals surface area (Å²) in [7, 11) is 0. The molecule has 0 aliphatic rings. The van der Waals surface area contributed by atoms with Crippen molar-refractivity contribution in [3.05, 3.63) is 64.7 Å². The lowest BCUT2D eigenvalue weighted by molar-refractivity contribution is 0.0988. The summed E-state index contributed by atoms with van der Waals surface area (Å²) in [4.78, 5) is 11.6. The average Bonchev–Trinajstić information content (AvgIpc) is 2.53. The van der Waals surface area contributed by atoms with E-state index in [4.69, 9.17) is 4.74 Å². The standard InChI is InChI=1S/C20H24O2/c1-5-19(21)17-9-7-16(8-10-17)13-22-20-11-6-15(4)12-18(20)14(2)3/h6-12,14H,5,13H2,1-4H3. The molecule has 0 aliphatic heterocycles. The summed E-state index contributed by atoms with van der Waals surface area (Å²) in [6, 6.07) is 14.0. The molecular weight excluding hydrogens is 272 g/mol. The molecule has 2 nitrogen and oxygen atoms in total. The molecule has 0 spiro atoms. The topological polar surface area (TPSA) is 26.3 Å². The summed E-state index contributed by atoms with van der Waals surface area (Å²) in [5.74, 6) is 1.54. The van der Waals surface area contributed by atoms with Crippen LogP contribution in [0.1, 0.15) is 60.2 Å². The molecule has 0 fully saturated rings. The minimum Gasteiger partial charge on any atom is -0.489 e. The van der Waals surface area contributed by atoms with Gasteiger partial charge in [0.15, 0.2) is 5.78 Å². The number of carbonyl (C=O) groups is 1. The van der Waals surface area contributed by atoms with Crippen LogP contribution in [-0.4, -0.2) is 5.78 Å². The van der Waals surface area contributed by atoms with Crippen LogP contribution in [0.5, 0.6) is 5.75 Å². The van der Waals surface area contributed by atoms with E-state index in [1.165, 1.54) is 11.1 Å². The summed E-state index contributed by atoms with van der Waals surface area (Å²) < 4.78 is 5.98. The number of hydrogen-bond donors (Lipinski definition) is 0. The van der Waals surface area contributed by atoms with Gasteiger partial charge in [-0.1, -0.05) is 62.7 Å². The van der Waals surface area contributed by atoms with Crippen molar-refractivity contribution in [2.75, 3.05) is 0 Å². The molecule has 116 valence electrons. The van der Waals surface area contributed by atoms with Crippen LogP contribution >= 0.6 is 0 Å². The van der Waals surface area contributed by atoms with Gasteiger partial charge in [0.25, 0.3) is 0 Å². The molecule has 2 aromatic carbocycles. The normalized spacial score (nSPS) is 10.8. The van der Waals surface area contributed by atoms with Crippen LogP contribution < -0.4 is 4.74 Å². The van der Waals surface area contributed by atoms with E-state index in [2.05, 4.69) is 32.9 Å². The highest BCUT2D eigenvalue weighted by molar-refractivity contribution is 5.95. The van der Waals surface area contributed by atoms with Crippen LogP contribution in [0.2, 0.25) is 0 Å². The van der Waals surface area contributed by atoms with E-state index in [9.17, 15) is 4.79 Å². The Labute approximate surface area is 133 Å². The van der Waals surface area contributed by atoms with Gasteiger partial charge in [-0.3, -0.25) is 4.79 Å². The second kappa shape index (κ2) is 7.26. The molecule has 0 N–H and O–H groups in total. The first-order valence-corrected chi connectivity index (χ1v) is 7.86. The van der Waals surface area contributed by atoms with Crippen molar-refractivity contribution in [3.8, 4) is 5.75 Å². The minimum absolute atomic E-state index is 0.174. The van der Waals surface area contributed by atoms with Gasteiger partial charge < -0.3 is 4.74 Å². The van der Waals surface area contributed by atoms with E-state index in [0.717, 1.165) is 16.9 Å². The maximum absolute atomic E-state index is 11.6. The monoisotopic (exact) mass is 296 g/mol. The predicted octanol–water partition coefficient (Wildman–Crippen LogP) is 5.29. The number of rotatable bonds is 6. The number of Topliss-reactive ketones (excluding diaryl/α,β-unsaturated/α-hetero) is 1. The van der Waals surface area contributed by atoms with Gasteiger partial charge in [0.05, 0.1) is 0 Å². The molecule has 0 saturated carbocycles. The molecule has 0 heterocycles. The molecule has 0 bridgehead atoms. The van der Waals surface area contributed by atoms with E-state index < -0.39 is 0 Å². The summed E-state index contributed by atoms with van der Waals surface area (Å²) in [6.45, 7) is 8.84. The first-order valence-electron chi connectivity index (χ1n) is 7.86. The number of hydrogen-bond acceptors (Lipinski definition) is 2. The highest BCUT2D eigenvalue weighted by Gasteiger charge is 2.09. The van der Waals surface area contributed by atoms with Gasteiger partial charge in [-0.25, -0.2) is 0 Å². The van der Waals surface area contributed by atoms with Crippen LogP contribution in [0, 0.1) is 6.92 Å². The Hall–Kier alpha value is -2.09. The first kappa shape index (κ1) is 16.3. The maximum Gasteiger partial charge on any atom is 0.162 e. The summed E-state index contributed by atoms with van der Waals surface area (Å²) in [5.41, 5.74) is 4.32. The number of benzene rings is 2. The minimum atomic E-state index is 0.174. The van der Waals surface area contributed by atoms with Gasteiger partial charge in [-0.15, -0.1) is 0 Å². The van der Waals surface area contributed by atoms with Crippen molar-refractivity contribution < 1.29 is 9.53 Å². The van der Waals surface area contributed by atoms with E-state index in [1.54, 1.807) is 0 Å². The fourth-order valence-corrected chi connectivity index (χ4v) is 2.40. The molecule has 0 amide bonds. The average molecular weight is 296 g/mol. The molecule has 22 heavy (non-hydrogen) atoms. The highest BCUT2D eigenvalue weighted by Crippen LogP contribution is 2.28. The Bertz CT molecular complexity index is 639. The Balaban J connectivity index is 2.08. The number of ether oxygens (including phenoxy) is 1. The zero-order valence-electron chi connectivity index (χ0n) is 13.8. The van der Waals surface area contributed by atoms with Crippen LogP contribution in [-0.2, 0) is 6.61 Å². The Morgan fingerprint density at radius 3 is 2.36 bits per heavy atom. The molecule has 2 aromatic rings. The Kier molecular flexibility index (Phi) is 5.37. The second-order valence-electron chi connectivity index (χ2n) is 5.96. The molecule has 2 heteroatoms. The summed E-state index contributed by atoms with van der Waals surface area (Å²) in [6.07, 6.45) is 0.539. The molecule has 0 atom stereocenters. The molecule has 0 unspecified atom stereocenters. The van der Waals surface area contributed by atoms with Crippen molar-refractivity contribution in [1.82, 2.24) is 0 Å². The highest BCUT2D eigenvalue weighted by atomic mass is 16.5. The zero-order chi connectivity index (χ0) is 16.1. The lowest BCUT2D eigenvalue weighted by Crippen LogP contribution is -2.01. The summed E-state index contributed by atoms with van der Waals surface area (Å²) >= 11 is 0. The lowest BCUT2D eigenvalue weighted by atomic mass is 10.00. The fraction of sp³-hybridized carbons (Fsp3) is 0.350. The summed E-state index contributed by atoms with van der Waals surface area (Å²) in [5, 5.41) is 0. The number of ketones is 1. The SMILES string of the molecule is CCC(=O)c1ccc(COc2ccc(C)cc2C(C)C)cc1. The van der Waals surface area contributed by atoms with Crippen molar-refractivity contribution in [2.24, 2.45) is 0 Å². The van der Waals surface area contributed by atoms with Gasteiger partial charge in [-0.05, 0) is 30.0 Å². The quantitative estimate of drug-likeness (QED) is 0.677. The van der Waals surface area contributed by atoms with Crippen molar-refractivity contribution in [1.29, 1.82) is 0 Å². The van der Waals surface area contributed by atoms with Crippen molar-refractivity contribution >= 4 is 5.78 Å². The molecular formula is C20H24O2. The molecule has 0 aliphatic carbocycles. The third-order valence-corrected chi connectivity index (χ3v) is 3.78. The second-order valence-corrected chi connectivity index (χ2v) is 5.96. The third-order valence-electron chi connectivity index (χ3n) is 3.78. The van der Waals surface area contributed by atoms with Gasteiger partial charge >= 0.3 is 0 Å². The molecule has 0 radical (unpaired) electrons. The van der Waals surface area contributed by atoms with Crippen LogP contribution in [0.3, 0.4) is 0 Å². The lowest BCUT2D eigenvalue weighted by Gasteiger charge is -2.15.